The number of halogens is 1. The van der Waals surface area contributed by atoms with Crippen LogP contribution in [0.1, 0.15) is 11.1 Å². The van der Waals surface area contributed by atoms with Crippen LogP contribution in [0, 0.1) is 6.92 Å². The van der Waals surface area contributed by atoms with E-state index < -0.39 is 0 Å². The van der Waals surface area contributed by atoms with Gasteiger partial charge in [-0.1, -0.05) is 30.4 Å². The van der Waals surface area contributed by atoms with Gasteiger partial charge >= 0.3 is 0 Å². The minimum absolute atomic E-state index is 0.400. The van der Waals surface area contributed by atoms with E-state index in [2.05, 4.69) is 39.9 Å². The van der Waals surface area contributed by atoms with Crippen LogP contribution >= 0.6 is 28.1 Å². The second-order valence-corrected chi connectivity index (χ2v) is 5.67. The summed E-state index contributed by atoms with van der Waals surface area (Å²) in [6.45, 7) is 2.10. The monoisotopic (exact) mass is 334 g/mol. The van der Waals surface area contributed by atoms with Gasteiger partial charge in [-0.25, -0.2) is 0 Å². The topological polar surface area (TPSA) is 29.3 Å². The first-order valence-electron chi connectivity index (χ1n) is 5.89. The molecule has 98 valence electrons. The van der Waals surface area contributed by atoms with Gasteiger partial charge in [-0.3, -0.25) is 0 Å². The number of hydrogen-bond donors (Lipinski definition) is 1. The molecule has 2 aromatic rings. The van der Waals surface area contributed by atoms with Gasteiger partial charge in [0.15, 0.2) is 0 Å². The Hall–Kier alpha value is -1.39. The van der Waals surface area contributed by atoms with E-state index >= 15 is 0 Å². The summed E-state index contributed by atoms with van der Waals surface area (Å²) in [5.74, 6) is 0. The third kappa shape index (κ3) is 2.96. The summed E-state index contributed by atoms with van der Waals surface area (Å²) in [4.78, 5) is 2.54. The first-order valence-corrected chi connectivity index (χ1v) is 7.09. The minimum Gasteiger partial charge on any atom is -0.389 e. The number of aryl methyl sites for hydroxylation is 1. The normalized spacial score (nSPS) is 10.3. The molecule has 0 aliphatic heterocycles. The molecule has 0 aromatic heterocycles. The van der Waals surface area contributed by atoms with Crippen LogP contribution < -0.4 is 10.6 Å². The summed E-state index contributed by atoms with van der Waals surface area (Å²) in [5.41, 5.74) is 10.0. The second-order valence-electron chi connectivity index (χ2n) is 4.37. The molecule has 0 radical (unpaired) electrons. The largest absolute Gasteiger partial charge is 0.389 e. The molecule has 0 heterocycles. The number of thiocarbonyl (C=S) groups is 1. The highest BCUT2D eigenvalue weighted by Gasteiger charge is 2.09. The molecule has 0 unspecified atom stereocenters. The maximum Gasteiger partial charge on any atom is 0.105 e. The molecule has 0 bridgehead atoms. The average molecular weight is 335 g/mol. The van der Waals surface area contributed by atoms with Crippen LogP contribution in [0.3, 0.4) is 0 Å². The number of nitrogens with zero attached hydrogens (tertiary/aromatic N) is 1. The number of para-hydroxylation sites is 1. The molecule has 2 nitrogen and oxygen atoms in total. The van der Waals surface area contributed by atoms with Crippen LogP contribution in [0.5, 0.6) is 0 Å². The van der Waals surface area contributed by atoms with Crippen LogP contribution in [0.25, 0.3) is 0 Å². The number of benzene rings is 2. The number of nitrogens with two attached hydrogens (primary N) is 1. The Labute approximate surface area is 127 Å². The minimum atomic E-state index is 0.400. The molecule has 2 rings (SSSR count). The summed E-state index contributed by atoms with van der Waals surface area (Å²) in [6.07, 6.45) is 0. The number of anilines is 2. The van der Waals surface area contributed by atoms with Crippen molar-refractivity contribution in [2.45, 2.75) is 6.92 Å². The van der Waals surface area contributed by atoms with Gasteiger partial charge in [0.2, 0.25) is 0 Å². The number of hydrogen-bond acceptors (Lipinski definition) is 2. The van der Waals surface area contributed by atoms with E-state index in [0.29, 0.717) is 4.99 Å². The smallest absolute Gasteiger partial charge is 0.105 e. The van der Waals surface area contributed by atoms with Crippen molar-refractivity contribution in [2.24, 2.45) is 5.73 Å². The Balaban J connectivity index is 2.40. The second kappa shape index (κ2) is 5.72. The van der Waals surface area contributed by atoms with Crippen molar-refractivity contribution in [3.8, 4) is 0 Å². The molecule has 0 saturated heterocycles. The van der Waals surface area contributed by atoms with Crippen molar-refractivity contribution in [2.75, 3.05) is 11.9 Å². The molecule has 0 atom stereocenters. The molecular weight excluding hydrogens is 320 g/mol. The SMILES string of the molecule is Cc1ccccc1N(C)c1ccc(C(N)=S)c(Br)c1. The average Bonchev–Trinajstić information content (AvgIpc) is 2.38. The Morgan fingerprint density at radius 1 is 1.21 bits per heavy atom. The maximum atomic E-state index is 5.66. The molecule has 19 heavy (non-hydrogen) atoms. The lowest BCUT2D eigenvalue weighted by Gasteiger charge is -2.22. The van der Waals surface area contributed by atoms with E-state index in [0.717, 1.165) is 15.7 Å². The van der Waals surface area contributed by atoms with E-state index in [9.17, 15) is 0 Å². The van der Waals surface area contributed by atoms with E-state index in [1.807, 2.05) is 37.4 Å². The Kier molecular flexibility index (Phi) is 4.22. The number of rotatable bonds is 3. The van der Waals surface area contributed by atoms with Crippen molar-refractivity contribution in [3.63, 3.8) is 0 Å². The molecular formula is C15H15BrN2S. The van der Waals surface area contributed by atoms with Crippen molar-refractivity contribution in [1.82, 2.24) is 0 Å². The summed E-state index contributed by atoms with van der Waals surface area (Å²) in [5, 5.41) is 0. The van der Waals surface area contributed by atoms with Crippen LogP contribution in [0.15, 0.2) is 46.9 Å². The van der Waals surface area contributed by atoms with E-state index in [1.54, 1.807) is 0 Å². The molecule has 4 heteroatoms. The maximum absolute atomic E-state index is 5.66. The quantitative estimate of drug-likeness (QED) is 0.854. The predicted molar refractivity (Wildman–Crippen MR) is 89.3 cm³/mol. The van der Waals surface area contributed by atoms with Crippen molar-refractivity contribution in [3.05, 3.63) is 58.1 Å². The van der Waals surface area contributed by atoms with Gasteiger partial charge in [0.25, 0.3) is 0 Å². The van der Waals surface area contributed by atoms with Gasteiger partial charge in [0.1, 0.15) is 4.99 Å². The molecule has 0 saturated carbocycles. The standard InChI is InChI=1S/C15H15BrN2S/c1-10-5-3-4-6-14(10)18(2)11-7-8-12(15(17)19)13(16)9-11/h3-9H,1-2H3,(H2,17,19). The first-order chi connectivity index (χ1) is 9.00. The molecule has 0 spiro atoms. The van der Waals surface area contributed by atoms with Crippen LogP contribution in [0.2, 0.25) is 0 Å². The van der Waals surface area contributed by atoms with E-state index in [1.165, 1.54) is 11.3 Å². The van der Waals surface area contributed by atoms with Gasteiger partial charge in [0, 0.05) is 28.5 Å². The highest BCUT2D eigenvalue weighted by atomic mass is 79.9. The molecule has 0 aliphatic carbocycles. The fourth-order valence-corrected chi connectivity index (χ4v) is 2.88. The van der Waals surface area contributed by atoms with E-state index in [4.69, 9.17) is 18.0 Å². The van der Waals surface area contributed by atoms with E-state index in [-0.39, 0.29) is 0 Å². The van der Waals surface area contributed by atoms with Crippen LogP contribution in [-0.2, 0) is 0 Å². The molecule has 0 fully saturated rings. The molecule has 2 aromatic carbocycles. The fraction of sp³-hybridized carbons (Fsp3) is 0.133. The lowest BCUT2D eigenvalue weighted by molar-refractivity contribution is 1.18. The Bertz CT molecular complexity index is 625. The van der Waals surface area contributed by atoms with Crippen molar-refractivity contribution < 1.29 is 0 Å². The zero-order chi connectivity index (χ0) is 14.0. The van der Waals surface area contributed by atoms with Gasteiger partial charge in [-0.2, -0.15) is 0 Å². The van der Waals surface area contributed by atoms with Crippen LogP contribution in [-0.4, -0.2) is 12.0 Å². The van der Waals surface area contributed by atoms with Crippen molar-refractivity contribution >= 4 is 44.5 Å². The Morgan fingerprint density at radius 2 is 1.89 bits per heavy atom. The summed E-state index contributed by atoms with van der Waals surface area (Å²) in [6, 6.07) is 14.3. The Morgan fingerprint density at radius 3 is 2.47 bits per heavy atom. The van der Waals surface area contributed by atoms with Crippen molar-refractivity contribution in [1.29, 1.82) is 0 Å². The summed E-state index contributed by atoms with van der Waals surface area (Å²) >= 11 is 8.52. The lowest BCUT2D eigenvalue weighted by Crippen LogP contribution is -2.13. The lowest BCUT2D eigenvalue weighted by atomic mass is 10.1. The predicted octanol–water partition coefficient (Wildman–Crippen LogP) is 4.16. The van der Waals surface area contributed by atoms with Gasteiger partial charge in [0.05, 0.1) is 0 Å². The molecule has 0 amide bonds. The molecule has 2 N–H and O–H groups in total. The zero-order valence-corrected chi connectivity index (χ0v) is 13.3. The van der Waals surface area contributed by atoms with Gasteiger partial charge in [-0.05, 0) is 52.7 Å². The fourth-order valence-electron chi connectivity index (χ4n) is 1.99. The highest BCUT2D eigenvalue weighted by Crippen LogP contribution is 2.30. The zero-order valence-electron chi connectivity index (χ0n) is 10.9. The van der Waals surface area contributed by atoms with Gasteiger partial charge in [-0.15, -0.1) is 0 Å². The third-order valence-electron chi connectivity index (χ3n) is 3.08. The summed E-state index contributed by atoms with van der Waals surface area (Å²) < 4.78 is 0.915. The molecule has 0 aliphatic rings. The summed E-state index contributed by atoms with van der Waals surface area (Å²) in [7, 11) is 2.05. The van der Waals surface area contributed by atoms with Gasteiger partial charge < -0.3 is 10.6 Å². The first kappa shape index (κ1) is 14.0. The highest BCUT2D eigenvalue weighted by molar-refractivity contribution is 9.10. The third-order valence-corrected chi connectivity index (χ3v) is 3.96. The van der Waals surface area contributed by atoms with Crippen LogP contribution in [0.4, 0.5) is 11.4 Å².